The number of hydrogen-bond acceptors (Lipinski definition) is 6. The third kappa shape index (κ3) is 5.03. The fourth-order valence-corrected chi connectivity index (χ4v) is 4.11. The second kappa shape index (κ2) is 10.4. The molecule has 0 saturated carbocycles. The second-order valence-corrected chi connectivity index (χ2v) is 7.54. The molecule has 0 bridgehead atoms. The quantitative estimate of drug-likeness (QED) is 0.603. The van der Waals surface area contributed by atoms with Crippen molar-refractivity contribution in [2.45, 2.75) is 25.4 Å². The molecule has 31 heavy (non-hydrogen) atoms. The minimum absolute atomic E-state index is 0. The van der Waals surface area contributed by atoms with E-state index in [-0.39, 0.29) is 30.3 Å². The molecule has 1 aromatic heterocycles. The molecule has 9 heteroatoms. The number of likely N-dealkylation sites (tertiary alicyclic amines) is 1. The molecule has 1 fully saturated rings. The number of methoxy groups -OCH3 is 1. The Bertz CT molecular complexity index is 988. The summed E-state index contributed by atoms with van der Waals surface area (Å²) < 4.78 is 7.49. The maximum Gasteiger partial charge on any atom is 0.220 e. The van der Waals surface area contributed by atoms with E-state index < -0.39 is 0 Å². The van der Waals surface area contributed by atoms with Gasteiger partial charge in [0.2, 0.25) is 5.91 Å². The summed E-state index contributed by atoms with van der Waals surface area (Å²) >= 11 is 0. The van der Waals surface area contributed by atoms with E-state index in [1.54, 1.807) is 7.11 Å². The third-order valence-corrected chi connectivity index (χ3v) is 5.71. The topological polar surface area (TPSA) is 99.2 Å². The van der Waals surface area contributed by atoms with Crippen LogP contribution in [0, 0.1) is 5.92 Å². The number of tetrazole rings is 1. The van der Waals surface area contributed by atoms with Gasteiger partial charge in [-0.15, -0.1) is 17.5 Å². The van der Waals surface area contributed by atoms with Crippen molar-refractivity contribution in [2.75, 3.05) is 20.2 Å². The normalized spacial score (nSPS) is 15.8. The summed E-state index contributed by atoms with van der Waals surface area (Å²) in [6, 6.07) is 17.9. The maximum absolute atomic E-state index is 11.6. The van der Waals surface area contributed by atoms with Gasteiger partial charge in [-0.2, -0.15) is 0 Å². The first-order chi connectivity index (χ1) is 14.7. The van der Waals surface area contributed by atoms with Crippen molar-refractivity contribution in [2.24, 2.45) is 11.7 Å². The van der Waals surface area contributed by atoms with Gasteiger partial charge >= 0.3 is 0 Å². The number of nitrogens with zero attached hydrogens (tertiary/aromatic N) is 5. The highest BCUT2D eigenvalue weighted by Crippen LogP contribution is 2.36. The number of halogens is 1. The maximum atomic E-state index is 11.6. The van der Waals surface area contributed by atoms with E-state index in [2.05, 4.69) is 32.6 Å². The first-order valence-electron chi connectivity index (χ1n) is 10.1. The summed E-state index contributed by atoms with van der Waals surface area (Å²) in [5.74, 6) is 1.23. The molecule has 1 aliphatic heterocycles. The van der Waals surface area contributed by atoms with E-state index in [0.29, 0.717) is 6.54 Å². The van der Waals surface area contributed by atoms with Gasteiger partial charge in [0, 0.05) is 11.5 Å². The van der Waals surface area contributed by atoms with Crippen LogP contribution < -0.4 is 10.5 Å². The fraction of sp³-hybridized carbons (Fsp3) is 0.364. The van der Waals surface area contributed by atoms with E-state index in [4.69, 9.17) is 10.5 Å². The van der Waals surface area contributed by atoms with Crippen molar-refractivity contribution in [3.63, 3.8) is 0 Å². The van der Waals surface area contributed by atoms with Gasteiger partial charge < -0.3 is 10.5 Å². The molecule has 0 aliphatic carbocycles. The lowest BCUT2D eigenvalue weighted by Gasteiger charge is -2.36. The number of benzene rings is 2. The molecule has 1 saturated heterocycles. The Morgan fingerprint density at radius 1 is 1.13 bits per heavy atom. The van der Waals surface area contributed by atoms with Crippen molar-refractivity contribution in [1.82, 2.24) is 25.1 Å². The highest BCUT2D eigenvalue weighted by atomic mass is 35.5. The predicted molar refractivity (Wildman–Crippen MR) is 119 cm³/mol. The molecule has 1 aliphatic rings. The molecule has 164 valence electrons. The number of nitrogens with two attached hydrogens (primary N) is 1. The van der Waals surface area contributed by atoms with Gasteiger partial charge in [0.25, 0.3) is 0 Å². The van der Waals surface area contributed by atoms with Crippen LogP contribution in [0.2, 0.25) is 0 Å². The minimum atomic E-state index is -0.225. The Morgan fingerprint density at radius 3 is 2.48 bits per heavy atom. The lowest BCUT2D eigenvalue weighted by Crippen LogP contribution is -2.41. The Hall–Kier alpha value is -2.97. The van der Waals surface area contributed by atoms with Crippen LogP contribution in [0.1, 0.15) is 35.8 Å². The summed E-state index contributed by atoms with van der Waals surface area (Å²) in [7, 11) is 1.67. The van der Waals surface area contributed by atoms with Gasteiger partial charge in [-0.05, 0) is 48.0 Å². The number of hydrogen-bond donors (Lipinski definition) is 1. The molecule has 1 unspecified atom stereocenters. The van der Waals surface area contributed by atoms with Crippen molar-refractivity contribution >= 4 is 18.3 Å². The molecule has 8 nitrogen and oxygen atoms in total. The SMILES string of the molecule is COc1ccccc1C(c1nnnn1Cc1ccccc1)N1CCC(C(N)=O)CC1.Cl. The highest BCUT2D eigenvalue weighted by molar-refractivity contribution is 5.85. The number of ether oxygens (including phenoxy) is 1. The molecule has 2 N–H and O–H groups in total. The number of para-hydroxylation sites is 1. The van der Waals surface area contributed by atoms with Crippen molar-refractivity contribution in [3.05, 3.63) is 71.5 Å². The van der Waals surface area contributed by atoms with E-state index in [1.165, 1.54) is 0 Å². The van der Waals surface area contributed by atoms with E-state index in [1.807, 2.05) is 47.1 Å². The minimum Gasteiger partial charge on any atom is -0.496 e. The standard InChI is InChI=1S/C22H26N6O2.ClH/c1-30-19-10-6-5-9-18(19)20(27-13-11-17(12-14-27)21(23)29)22-24-25-26-28(22)15-16-7-3-2-4-8-16;/h2-10,17,20H,11-15H2,1H3,(H2,23,29);1H. The smallest absolute Gasteiger partial charge is 0.220 e. The van der Waals surface area contributed by atoms with Crippen molar-refractivity contribution in [1.29, 1.82) is 0 Å². The number of carbonyl (C=O) groups excluding carboxylic acids is 1. The van der Waals surface area contributed by atoms with Gasteiger partial charge in [0.15, 0.2) is 5.82 Å². The monoisotopic (exact) mass is 442 g/mol. The van der Waals surface area contributed by atoms with Crippen LogP contribution in [-0.4, -0.2) is 51.2 Å². The molecular weight excluding hydrogens is 416 g/mol. The van der Waals surface area contributed by atoms with E-state index in [9.17, 15) is 4.79 Å². The van der Waals surface area contributed by atoms with Gasteiger partial charge in [-0.1, -0.05) is 48.5 Å². The van der Waals surface area contributed by atoms with Crippen LogP contribution in [0.25, 0.3) is 0 Å². The van der Waals surface area contributed by atoms with Crippen LogP contribution in [-0.2, 0) is 11.3 Å². The highest BCUT2D eigenvalue weighted by Gasteiger charge is 2.34. The van der Waals surface area contributed by atoms with Gasteiger partial charge in [0.05, 0.1) is 13.7 Å². The predicted octanol–water partition coefficient (Wildman–Crippen LogP) is 2.44. The lowest BCUT2D eigenvalue weighted by molar-refractivity contribution is -0.123. The Kier molecular flexibility index (Phi) is 7.59. The molecule has 2 heterocycles. The molecule has 1 atom stereocenters. The molecular formula is C22H27ClN6O2. The van der Waals surface area contributed by atoms with Crippen LogP contribution in [0.4, 0.5) is 0 Å². The zero-order valence-electron chi connectivity index (χ0n) is 17.4. The number of rotatable bonds is 7. The Morgan fingerprint density at radius 2 is 1.81 bits per heavy atom. The zero-order valence-corrected chi connectivity index (χ0v) is 18.2. The first kappa shape index (κ1) is 22.7. The average Bonchev–Trinajstić information content (AvgIpc) is 3.23. The van der Waals surface area contributed by atoms with Crippen molar-refractivity contribution < 1.29 is 9.53 Å². The molecule has 1 amide bonds. The summed E-state index contributed by atoms with van der Waals surface area (Å²) in [5.41, 5.74) is 7.66. The third-order valence-electron chi connectivity index (χ3n) is 5.71. The summed E-state index contributed by atoms with van der Waals surface area (Å²) in [4.78, 5) is 13.9. The van der Waals surface area contributed by atoms with E-state index in [0.717, 1.165) is 48.6 Å². The van der Waals surface area contributed by atoms with Crippen LogP contribution in [0.5, 0.6) is 5.75 Å². The fourth-order valence-electron chi connectivity index (χ4n) is 4.11. The Balaban J connectivity index is 0.00000272. The number of aromatic nitrogens is 4. The summed E-state index contributed by atoms with van der Waals surface area (Å²) in [6.45, 7) is 2.04. The van der Waals surface area contributed by atoms with E-state index >= 15 is 0 Å². The second-order valence-electron chi connectivity index (χ2n) is 7.54. The number of primary amides is 1. The zero-order chi connectivity index (χ0) is 20.9. The van der Waals surface area contributed by atoms with Crippen LogP contribution in [0.3, 0.4) is 0 Å². The molecule has 0 spiro atoms. The first-order valence-corrected chi connectivity index (χ1v) is 10.1. The molecule has 3 aromatic rings. The molecule has 2 aromatic carbocycles. The summed E-state index contributed by atoms with van der Waals surface area (Å²) in [5, 5.41) is 12.7. The van der Waals surface area contributed by atoms with Gasteiger partial charge in [-0.3, -0.25) is 9.69 Å². The average molecular weight is 443 g/mol. The largest absolute Gasteiger partial charge is 0.496 e. The van der Waals surface area contributed by atoms with Crippen molar-refractivity contribution in [3.8, 4) is 5.75 Å². The summed E-state index contributed by atoms with van der Waals surface area (Å²) in [6.07, 6.45) is 1.45. The van der Waals surface area contributed by atoms with Crippen LogP contribution >= 0.6 is 12.4 Å². The van der Waals surface area contributed by atoms with Gasteiger partial charge in [0.1, 0.15) is 11.8 Å². The van der Waals surface area contributed by atoms with Crippen LogP contribution in [0.15, 0.2) is 54.6 Å². The number of amides is 1. The number of carbonyl (C=O) groups is 1. The van der Waals surface area contributed by atoms with Gasteiger partial charge in [-0.25, -0.2) is 4.68 Å². The molecule has 4 rings (SSSR count). The number of piperidine rings is 1. The Labute approximate surface area is 187 Å². The molecule has 0 radical (unpaired) electrons. The lowest BCUT2D eigenvalue weighted by atomic mass is 9.93.